The Balaban J connectivity index is 1.72. The number of aromatic nitrogens is 4. The van der Waals surface area contributed by atoms with Crippen molar-refractivity contribution in [3.8, 4) is 11.3 Å². The van der Waals surface area contributed by atoms with Crippen molar-refractivity contribution in [2.75, 3.05) is 0 Å². The first kappa shape index (κ1) is 18.7. The van der Waals surface area contributed by atoms with Crippen molar-refractivity contribution in [3.05, 3.63) is 47.1 Å². The molecule has 28 heavy (non-hydrogen) atoms. The number of imidazole rings is 1. The topological polar surface area (TPSA) is 72.2 Å². The molecule has 146 valence electrons. The van der Waals surface area contributed by atoms with Crippen LogP contribution in [0.25, 0.3) is 16.8 Å². The lowest BCUT2D eigenvalue weighted by Gasteiger charge is -2.20. The summed E-state index contributed by atoms with van der Waals surface area (Å²) in [5.74, 6) is -1.70. The molecule has 1 aliphatic rings. The Labute approximate surface area is 162 Å². The number of carbonyl (C=O) groups excluding carboxylic acids is 1. The molecule has 0 unspecified atom stereocenters. The van der Waals surface area contributed by atoms with Gasteiger partial charge in [0.15, 0.2) is 0 Å². The summed E-state index contributed by atoms with van der Waals surface area (Å²) in [6.45, 7) is 1.80. The molecule has 1 aliphatic carbocycles. The van der Waals surface area contributed by atoms with Crippen molar-refractivity contribution >= 4 is 23.0 Å². The molecule has 1 saturated carbocycles. The largest absolute Gasteiger partial charge is 0.408 e. The molecule has 3 aromatic rings. The molecule has 1 amide bonds. The highest BCUT2D eigenvalue weighted by Gasteiger charge is 2.50. The van der Waals surface area contributed by atoms with E-state index >= 15 is 0 Å². The number of hydrogen-bond donors (Lipinski definition) is 1. The lowest BCUT2D eigenvalue weighted by Crippen LogP contribution is -2.47. The number of pyridine rings is 1. The van der Waals surface area contributed by atoms with Crippen LogP contribution in [0, 0.1) is 12.8 Å². The lowest BCUT2D eigenvalue weighted by atomic mass is 10.1. The zero-order valence-electron chi connectivity index (χ0n) is 14.7. The van der Waals surface area contributed by atoms with Crippen LogP contribution >= 0.6 is 11.6 Å². The second-order valence-electron chi connectivity index (χ2n) is 6.81. The van der Waals surface area contributed by atoms with E-state index in [1.165, 1.54) is 16.9 Å². The van der Waals surface area contributed by atoms with Gasteiger partial charge in [0.2, 0.25) is 5.82 Å². The van der Waals surface area contributed by atoms with Gasteiger partial charge in [-0.05, 0) is 43.4 Å². The van der Waals surface area contributed by atoms with Gasteiger partial charge in [-0.2, -0.15) is 18.3 Å². The van der Waals surface area contributed by atoms with Crippen LogP contribution < -0.4 is 5.32 Å². The first-order chi connectivity index (χ1) is 13.2. The highest BCUT2D eigenvalue weighted by molar-refractivity contribution is 6.30. The van der Waals surface area contributed by atoms with Crippen LogP contribution in [0.1, 0.15) is 29.0 Å². The number of nitrogens with one attached hydrogen (secondary N) is 1. The predicted octanol–water partition coefficient (Wildman–Crippen LogP) is 3.82. The van der Waals surface area contributed by atoms with Gasteiger partial charge in [0, 0.05) is 18.0 Å². The molecule has 3 heterocycles. The first-order valence-electron chi connectivity index (χ1n) is 8.58. The standard InChI is InChI=1S/C18H15ClF3N5O/c1-9-4-13(11-5-12(19)7-23-6-11)26-27-14(9)8-24-16(27)17(28)25-15(10-2-3-10)18(20,21)22/h4-8,10,15H,2-3H2,1H3,(H,25,28)/t15-/m0/s1. The molecule has 10 heteroatoms. The molecular weight excluding hydrogens is 395 g/mol. The molecule has 1 N–H and O–H groups in total. The van der Waals surface area contributed by atoms with Crippen molar-refractivity contribution in [2.45, 2.75) is 32.0 Å². The second-order valence-corrected chi connectivity index (χ2v) is 7.25. The van der Waals surface area contributed by atoms with Crippen molar-refractivity contribution in [3.63, 3.8) is 0 Å². The minimum Gasteiger partial charge on any atom is -0.337 e. The third-order valence-electron chi connectivity index (χ3n) is 4.64. The van der Waals surface area contributed by atoms with E-state index in [1.807, 2.05) is 0 Å². The van der Waals surface area contributed by atoms with Crippen molar-refractivity contribution < 1.29 is 18.0 Å². The molecule has 0 spiro atoms. The SMILES string of the molecule is Cc1cc(-c2cncc(Cl)c2)nn2c(C(=O)N[C@@H](C3CC3)C(F)(F)F)ncc12. The molecule has 0 radical (unpaired) electrons. The summed E-state index contributed by atoms with van der Waals surface area (Å²) < 4.78 is 41.0. The summed E-state index contributed by atoms with van der Waals surface area (Å²) in [7, 11) is 0. The minimum absolute atomic E-state index is 0.204. The molecule has 3 aromatic heterocycles. The van der Waals surface area contributed by atoms with Crippen LogP contribution in [0.15, 0.2) is 30.7 Å². The fourth-order valence-electron chi connectivity index (χ4n) is 3.08. The molecule has 4 rings (SSSR count). The zero-order chi connectivity index (χ0) is 20.1. The van der Waals surface area contributed by atoms with Crippen molar-refractivity contribution in [2.24, 2.45) is 5.92 Å². The summed E-state index contributed by atoms with van der Waals surface area (Å²) in [6, 6.07) is 1.55. The second kappa shape index (κ2) is 6.73. The van der Waals surface area contributed by atoms with E-state index in [0.29, 0.717) is 34.6 Å². The van der Waals surface area contributed by atoms with E-state index in [9.17, 15) is 18.0 Å². The van der Waals surface area contributed by atoms with Gasteiger partial charge >= 0.3 is 6.18 Å². The maximum atomic E-state index is 13.2. The number of rotatable bonds is 4. The van der Waals surface area contributed by atoms with Gasteiger partial charge in [-0.1, -0.05) is 11.6 Å². The molecule has 1 fully saturated rings. The molecule has 6 nitrogen and oxygen atoms in total. The molecule has 0 aliphatic heterocycles. The van der Waals surface area contributed by atoms with E-state index in [-0.39, 0.29) is 5.82 Å². The minimum atomic E-state index is -4.51. The van der Waals surface area contributed by atoms with Gasteiger partial charge < -0.3 is 5.32 Å². The lowest BCUT2D eigenvalue weighted by molar-refractivity contribution is -0.158. The van der Waals surface area contributed by atoms with E-state index in [1.54, 1.807) is 25.3 Å². The molecular formula is C18H15ClF3N5O. The summed E-state index contributed by atoms with van der Waals surface area (Å²) in [4.78, 5) is 20.6. The highest BCUT2D eigenvalue weighted by atomic mass is 35.5. The average molecular weight is 410 g/mol. The first-order valence-corrected chi connectivity index (χ1v) is 8.95. The Bertz CT molecular complexity index is 1060. The quantitative estimate of drug-likeness (QED) is 0.711. The number of hydrogen-bond acceptors (Lipinski definition) is 4. The smallest absolute Gasteiger partial charge is 0.337 e. The third kappa shape index (κ3) is 3.54. The Morgan fingerprint density at radius 1 is 1.29 bits per heavy atom. The van der Waals surface area contributed by atoms with E-state index < -0.39 is 24.0 Å². The Hall–Kier alpha value is -2.68. The maximum Gasteiger partial charge on any atom is 0.408 e. The summed E-state index contributed by atoms with van der Waals surface area (Å²) in [5.41, 5.74) is 2.37. The summed E-state index contributed by atoms with van der Waals surface area (Å²) in [5, 5.41) is 6.87. The van der Waals surface area contributed by atoms with E-state index in [2.05, 4.69) is 20.4 Å². The Kier molecular flexibility index (Phi) is 4.49. The number of amides is 1. The predicted molar refractivity (Wildman–Crippen MR) is 96.0 cm³/mol. The molecule has 0 saturated heterocycles. The van der Waals surface area contributed by atoms with Crippen LogP contribution in [-0.2, 0) is 0 Å². The number of alkyl halides is 3. The number of fused-ring (bicyclic) bond motifs is 1. The zero-order valence-corrected chi connectivity index (χ0v) is 15.4. The number of aryl methyl sites for hydroxylation is 1. The van der Waals surface area contributed by atoms with Crippen LogP contribution in [0.5, 0.6) is 0 Å². The monoisotopic (exact) mass is 409 g/mol. The molecule has 1 atom stereocenters. The van der Waals surface area contributed by atoms with Crippen LogP contribution in [0.2, 0.25) is 5.02 Å². The normalized spacial score (nSPS) is 15.6. The average Bonchev–Trinajstić information content (AvgIpc) is 3.36. The van der Waals surface area contributed by atoms with E-state index in [4.69, 9.17) is 11.6 Å². The third-order valence-corrected chi connectivity index (χ3v) is 4.85. The Morgan fingerprint density at radius 2 is 2.04 bits per heavy atom. The van der Waals surface area contributed by atoms with Gasteiger partial charge in [0.25, 0.3) is 5.91 Å². The van der Waals surface area contributed by atoms with Crippen molar-refractivity contribution in [1.82, 2.24) is 24.9 Å². The highest BCUT2D eigenvalue weighted by Crippen LogP contribution is 2.40. The fourth-order valence-corrected chi connectivity index (χ4v) is 3.26. The van der Waals surface area contributed by atoms with Gasteiger partial charge in [0.05, 0.1) is 22.4 Å². The Morgan fingerprint density at radius 3 is 2.68 bits per heavy atom. The van der Waals surface area contributed by atoms with Crippen molar-refractivity contribution in [1.29, 1.82) is 0 Å². The van der Waals surface area contributed by atoms with Crippen LogP contribution in [0.4, 0.5) is 13.2 Å². The van der Waals surface area contributed by atoms with Crippen LogP contribution in [0.3, 0.4) is 0 Å². The van der Waals surface area contributed by atoms with E-state index in [0.717, 1.165) is 5.56 Å². The van der Waals surface area contributed by atoms with Gasteiger partial charge in [0.1, 0.15) is 6.04 Å². The van der Waals surface area contributed by atoms with Gasteiger partial charge in [-0.15, -0.1) is 0 Å². The van der Waals surface area contributed by atoms with Gasteiger partial charge in [-0.3, -0.25) is 9.78 Å². The maximum absolute atomic E-state index is 13.2. The number of halogens is 4. The number of nitrogens with zero attached hydrogens (tertiary/aromatic N) is 4. The molecule has 0 aromatic carbocycles. The number of carbonyl (C=O) groups is 1. The molecule has 0 bridgehead atoms. The van der Waals surface area contributed by atoms with Crippen LogP contribution in [-0.4, -0.2) is 37.7 Å². The fraction of sp³-hybridized carbons (Fsp3) is 0.333. The summed E-state index contributed by atoms with van der Waals surface area (Å²) >= 11 is 5.97. The van der Waals surface area contributed by atoms with Gasteiger partial charge in [-0.25, -0.2) is 9.50 Å². The summed E-state index contributed by atoms with van der Waals surface area (Å²) in [6.07, 6.45) is 0.818.